The summed E-state index contributed by atoms with van der Waals surface area (Å²) >= 11 is 0. The number of nitrogens with one attached hydrogen (secondary N) is 3. The lowest BCUT2D eigenvalue weighted by molar-refractivity contribution is -0.127. The van der Waals surface area contributed by atoms with E-state index in [1.54, 1.807) is 10.9 Å². The van der Waals surface area contributed by atoms with Crippen molar-refractivity contribution < 1.29 is 9.59 Å². The normalized spacial score (nSPS) is 18.6. The van der Waals surface area contributed by atoms with Crippen molar-refractivity contribution in [1.82, 2.24) is 20.4 Å². The standard InChI is InChI=1S/C19H25N5O2.ClH/c1-12-5-4-6-13(2)18(12)23-17(25)10-21-19(26)16-9-20-8-15(16)14-7-22-24(3)11-14;/h4-7,11,15-16,20H,8-10H2,1-3H3,(H,21,26)(H,23,25);1H/t15-,16+;/m1./s1. The molecule has 0 spiro atoms. The van der Waals surface area contributed by atoms with Crippen LogP contribution in [0.4, 0.5) is 5.69 Å². The Bertz CT molecular complexity index is 800. The maximum absolute atomic E-state index is 12.6. The largest absolute Gasteiger partial charge is 0.347 e. The first-order valence-corrected chi connectivity index (χ1v) is 8.78. The van der Waals surface area contributed by atoms with Crippen LogP contribution in [0.1, 0.15) is 22.6 Å². The molecule has 1 aromatic carbocycles. The van der Waals surface area contributed by atoms with Gasteiger partial charge in [0.15, 0.2) is 0 Å². The molecule has 7 nitrogen and oxygen atoms in total. The number of aromatic nitrogens is 2. The van der Waals surface area contributed by atoms with Crippen molar-refractivity contribution in [3.8, 4) is 0 Å². The number of hydrogen-bond acceptors (Lipinski definition) is 4. The smallest absolute Gasteiger partial charge is 0.243 e. The van der Waals surface area contributed by atoms with Crippen molar-refractivity contribution >= 4 is 29.9 Å². The van der Waals surface area contributed by atoms with Gasteiger partial charge in [0.1, 0.15) is 0 Å². The predicted octanol–water partition coefficient (Wildman–Crippen LogP) is 1.52. The van der Waals surface area contributed by atoms with E-state index in [2.05, 4.69) is 21.0 Å². The van der Waals surface area contributed by atoms with Gasteiger partial charge >= 0.3 is 0 Å². The Morgan fingerprint density at radius 3 is 2.59 bits per heavy atom. The summed E-state index contributed by atoms with van der Waals surface area (Å²) in [6.45, 7) is 5.19. The third-order valence-corrected chi connectivity index (χ3v) is 4.87. The number of halogens is 1. The second-order valence-electron chi connectivity index (χ2n) is 6.85. The van der Waals surface area contributed by atoms with Crippen LogP contribution >= 0.6 is 12.4 Å². The molecule has 0 saturated carbocycles. The number of rotatable bonds is 5. The van der Waals surface area contributed by atoms with Gasteiger partial charge in [0.2, 0.25) is 11.8 Å². The van der Waals surface area contributed by atoms with Crippen LogP contribution in [-0.4, -0.2) is 41.2 Å². The zero-order valence-electron chi connectivity index (χ0n) is 15.8. The molecule has 0 radical (unpaired) electrons. The molecule has 1 aliphatic heterocycles. The Hall–Kier alpha value is -2.38. The molecule has 1 aromatic heterocycles. The topological polar surface area (TPSA) is 88.1 Å². The number of para-hydroxylation sites is 1. The molecule has 8 heteroatoms. The molecule has 2 aromatic rings. The van der Waals surface area contributed by atoms with Gasteiger partial charge in [-0.15, -0.1) is 12.4 Å². The predicted molar refractivity (Wildman–Crippen MR) is 107 cm³/mol. The third-order valence-electron chi connectivity index (χ3n) is 4.87. The van der Waals surface area contributed by atoms with Gasteiger partial charge in [-0.3, -0.25) is 14.3 Å². The van der Waals surface area contributed by atoms with E-state index in [-0.39, 0.29) is 42.6 Å². The fourth-order valence-electron chi connectivity index (χ4n) is 3.43. The summed E-state index contributed by atoms with van der Waals surface area (Å²) in [5.41, 5.74) is 3.85. The van der Waals surface area contributed by atoms with Gasteiger partial charge in [-0.05, 0) is 30.5 Å². The number of benzene rings is 1. The molecule has 0 unspecified atom stereocenters. The number of hydrogen-bond donors (Lipinski definition) is 3. The van der Waals surface area contributed by atoms with Crippen LogP contribution in [0.2, 0.25) is 0 Å². The molecule has 3 rings (SSSR count). The molecule has 2 atom stereocenters. The second kappa shape index (κ2) is 9.01. The SMILES string of the molecule is Cc1cccc(C)c1NC(=O)CNC(=O)[C@H]1CNC[C@@H]1c1cnn(C)c1.Cl. The van der Waals surface area contributed by atoms with Crippen molar-refractivity contribution in [3.05, 3.63) is 47.3 Å². The van der Waals surface area contributed by atoms with Crippen LogP contribution in [0.25, 0.3) is 0 Å². The van der Waals surface area contributed by atoms with Crippen LogP contribution < -0.4 is 16.0 Å². The zero-order valence-corrected chi connectivity index (χ0v) is 16.6. The molecule has 0 aliphatic carbocycles. The van der Waals surface area contributed by atoms with Gasteiger partial charge < -0.3 is 16.0 Å². The van der Waals surface area contributed by atoms with Crippen molar-refractivity contribution in [3.63, 3.8) is 0 Å². The summed E-state index contributed by atoms with van der Waals surface area (Å²) in [6.07, 6.45) is 3.73. The Balaban J connectivity index is 0.00000261. The van der Waals surface area contributed by atoms with Crippen molar-refractivity contribution in [2.75, 3.05) is 25.0 Å². The van der Waals surface area contributed by atoms with E-state index in [0.717, 1.165) is 28.9 Å². The fraction of sp³-hybridized carbons (Fsp3) is 0.421. The Morgan fingerprint density at radius 1 is 1.26 bits per heavy atom. The summed E-state index contributed by atoms with van der Waals surface area (Å²) < 4.78 is 1.74. The molecule has 2 amide bonds. The highest BCUT2D eigenvalue weighted by Gasteiger charge is 2.34. The van der Waals surface area contributed by atoms with Gasteiger partial charge in [-0.2, -0.15) is 5.10 Å². The second-order valence-corrected chi connectivity index (χ2v) is 6.85. The van der Waals surface area contributed by atoms with E-state index in [1.807, 2.05) is 45.3 Å². The molecule has 27 heavy (non-hydrogen) atoms. The quantitative estimate of drug-likeness (QED) is 0.721. The summed E-state index contributed by atoms with van der Waals surface area (Å²) in [5, 5.41) is 13.1. The van der Waals surface area contributed by atoms with Crippen LogP contribution in [0.5, 0.6) is 0 Å². The number of carbonyl (C=O) groups excluding carboxylic acids is 2. The molecule has 146 valence electrons. The van der Waals surface area contributed by atoms with E-state index in [0.29, 0.717) is 6.54 Å². The molecule has 1 fully saturated rings. The molecular weight excluding hydrogens is 366 g/mol. The number of carbonyl (C=O) groups is 2. The minimum absolute atomic E-state index is 0. The highest BCUT2D eigenvalue weighted by Crippen LogP contribution is 2.27. The maximum atomic E-state index is 12.6. The number of anilines is 1. The van der Waals surface area contributed by atoms with Gasteiger partial charge in [-0.1, -0.05) is 18.2 Å². The molecule has 1 saturated heterocycles. The first-order valence-electron chi connectivity index (χ1n) is 8.78. The van der Waals surface area contributed by atoms with Gasteiger partial charge in [0, 0.05) is 37.9 Å². The molecule has 1 aliphatic rings. The summed E-state index contributed by atoms with van der Waals surface area (Å²) in [7, 11) is 1.86. The lowest BCUT2D eigenvalue weighted by Gasteiger charge is -2.17. The number of nitrogens with zero attached hydrogens (tertiary/aromatic N) is 2. The van der Waals surface area contributed by atoms with Crippen molar-refractivity contribution in [2.24, 2.45) is 13.0 Å². The summed E-state index contributed by atoms with van der Waals surface area (Å²) in [4.78, 5) is 24.8. The van der Waals surface area contributed by atoms with E-state index >= 15 is 0 Å². The summed E-state index contributed by atoms with van der Waals surface area (Å²) in [6, 6.07) is 5.85. The Labute approximate surface area is 165 Å². The van der Waals surface area contributed by atoms with Crippen LogP contribution in [-0.2, 0) is 16.6 Å². The first kappa shape index (κ1) is 20.9. The van der Waals surface area contributed by atoms with Gasteiger partial charge in [-0.25, -0.2) is 0 Å². The first-order chi connectivity index (χ1) is 12.5. The lowest BCUT2D eigenvalue weighted by Crippen LogP contribution is -2.39. The monoisotopic (exact) mass is 391 g/mol. The minimum Gasteiger partial charge on any atom is -0.347 e. The minimum atomic E-state index is -0.223. The third kappa shape index (κ3) is 4.87. The maximum Gasteiger partial charge on any atom is 0.243 e. The van der Waals surface area contributed by atoms with Crippen LogP contribution in [0.3, 0.4) is 0 Å². The summed E-state index contributed by atoms with van der Waals surface area (Å²) in [5.74, 6) is -0.460. The average Bonchev–Trinajstić information content (AvgIpc) is 3.24. The van der Waals surface area contributed by atoms with Crippen molar-refractivity contribution in [2.45, 2.75) is 19.8 Å². The molecular formula is C19H26ClN5O2. The van der Waals surface area contributed by atoms with Crippen molar-refractivity contribution in [1.29, 1.82) is 0 Å². The highest BCUT2D eigenvalue weighted by atomic mass is 35.5. The zero-order chi connectivity index (χ0) is 18.7. The van der Waals surface area contributed by atoms with E-state index in [4.69, 9.17) is 0 Å². The molecule has 3 N–H and O–H groups in total. The van der Waals surface area contributed by atoms with Gasteiger partial charge in [0.25, 0.3) is 0 Å². The molecule has 2 heterocycles. The van der Waals surface area contributed by atoms with E-state index < -0.39 is 0 Å². The highest BCUT2D eigenvalue weighted by molar-refractivity contribution is 5.96. The number of amides is 2. The van der Waals surface area contributed by atoms with E-state index in [9.17, 15) is 9.59 Å². The van der Waals surface area contributed by atoms with Crippen LogP contribution in [0, 0.1) is 19.8 Å². The Kier molecular flexibility index (Phi) is 6.98. The number of aryl methyl sites for hydroxylation is 3. The van der Waals surface area contributed by atoms with Gasteiger partial charge in [0.05, 0.1) is 18.7 Å². The Morgan fingerprint density at radius 2 is 1.96 bits per heavy atom. The molecule has 0 bridgehead atoms. The average molecular weight is 392 g/mol. The lowest BCUT2D eigenvalue weighted by atomic mass is 9.90. The fourth-order valence-corrected chi connectivity index (χ4v) is 3.43. The van der Waals surface area contributed by atoms with Crippen LogP contribution in [0.15, 0.2) is 30.6 Å². The van der Waals surface area contributed by atoms with E-state index in [1.165, 1.54) is 0 Å².